The number of halogens is 1. The van der Waals surface area contributed by atoms with E-state index in [0.717, 1.165) is 0 Å². The van der Waals surface area contributed by atoms with Crippen molar-refractivity contribution < 1.29 is 88.1 Å². The number of carbonyl (C=O) groups excluding carboxylic acids is 5. The average molecular weight is 803 g/mol. The molecule has 0 spiro atoms. The van der Waals surface area contributed by atoms with Gasteiger partial charge in [-0.05, 0) is 69.9 Å². The summed E-state index contributed by atoms with van der Waals surface area (Å²) in [6.45, 7) is 3.44. The zero-order chi connectivity index (χ0) is 41.6. The monoisotopic (exact) mass is 802 g/mol. The normalized spacial score (nSPS) is 32.6. The summed E-state index contributed by atoms with van der Waals surface area (Å²) in [6.07, 6.45) is 0.0546. The van der Waals surface area contributed by atoms with E-state index in [0.29, 0.717) is 24.8 Å². The number of carboxylic acids is 1. The number of allylic oxidation sites excluding steroid dienone is 4. The van der Waals surface area contributed by atoms with Crippen LogP contribution in [0.5, 0.6) is 0 Å². The van der Waals surface area contributed by atoms with Crippen LogP contribution in [-0.4, -0.2) is 121 Å². The molecule has 3 unspecified atom stereocenters. The summed E-state index contributed by atoms with van der Waals surface area (Å²) in [4.78, 5) is 86.1. The molecule has 3 saturated carbocycles. The number of nitrogens with zero attached hydrogens (tertiary/aromatic N) is 2. The van der Waals surface area contributed by atoms with E-state index in [1.54, 1.807) is 20.8 Å². The van der Waals surface area contributed by atoms with E-state index in [1.165, 1.54) is 18.2 Å². The van der Waals surface area contributed by atoms with Gasteiger partial charge in [-0.25, -0.2) is 9.18 Å². The van der Waals surface area contributed by atoms with Crippen LogP contribution in [0.3, 0.4) is 0 Å². The first-order valence-electron chi connectivity index (χ1n) is 18.5. The number of unbranched alkanes of at least 4 members (excludes halogenated alkanes) is 2. The van der Waals surface area contributed by atoms with Gasteiger partial charge in [-0.2, -0.15) is 0 Å². The lowest BCUT2D eigenvalue weighted by Crippen LogP contribution is -2.70. The molecular formula is C36H51FN2O17. The lowest BCUT2D eigenvalue weighted by molar-refractivity contribution is -0.492. The van der Waals surface area contributed by atoms with Crippen LogP contribution in [0.25, 0.3) is 0 Å². The Balaban J connectivity index is 1.53. The summed E-state index contributed by atoms with van der Waals surface area (Å²) in [5.41, 5.74) is -6.60. The molecule has 0 aliphatic heterocycles. The minimum Gasteiger partial charge on any atom is -0.478 e. The zero-order valence-corrected chi connectivity index (χ0v) is 31.5. The molecule has 20 heteroatoms. The van der Waals surface area contributed by atoms with Gasteiger partial charge in [0.25, 0.3) is 0 Å². The number of fused-ring (bicyclic) bond motifs is 5. The fourth-order valence-electron chi connectivity index (χ4n) is 9.55. The molecule has 4 aliphatic rings. The van der Waals surface area contributed by atoms with Crippen LogP contribution < -0.4 is 0 Å². The number of ether oxygens (including phenoxy) is 3. The molecule has 314 valence electrons. The first-order valence-corrected chi connectivity index (χ1v) is 18.5. The molecule has 0 heterocycles. The smallest absolute Gasteiger partial charge is 0.345 e. The largest absolute Gasteiger partial charge is 0.478 e. The number of aliphatic hydroxyl groups excluding tert-OH is 1. The van der Waals surface area contributed by atoms with E-state index in [-0.39, 0.29) is 63.9 Å². The van der Waals surface area contributed by atoms with Gasteiger partial charge >= 0.3 is 23.9 Å². The van der Waals surface area contributed by atoms with Crippen molar-refractivity contribution in [3.63, 3.8) is 0 Å². The molecule has 6 N–H and O–H groups in total. The van der Waals surface area contributed by atoms with Crippen LogP contribution in [-0.2, 0) is 52.7 Å². The van der Waals surface area contributed by atoms with Gasteiger partial charge in [0, 0.05) is 35.5 Å². The molecule has 9 atom stereocenters. The Labute approximate surface area is 321 Å². The highest BCUT2D eigenvalue weighted by molar-refractivity contribution is 6.01. The number of carbonyl (C=O) groups is 6. The van der Waals surface area contributed by atoms with E-state index >= 15 is 4.39 Å². The molecule has 0 aromatic heterocycles. The lowest BCUT2D eigenvalue weighted by atomic mass is 9.44. The number of hydrogen-bond acceptors (Lipinski definition) is 18. The summed E-state index contributed by atoms with van der Waals surface area (Å²) in [5, 5.41) is 55.1. The number of Topliss-reactive ketones (excluding diaryl/α,β-unsaturated/α-hetero) is 1. The second-order valence-electron chi connectivity index (χ2n) is 15.3. The van der Waals surface area contributed by atoms with Crippen molar-refractivity contribution in [1.82, 2.24) is 10.8 Å². The summed E-state index contributed by atoms with van der Waals surface area (Å²) in [7, 11) is 0. The van der Waals surface area contributed by atoms with Gasteiger partial charge in [0.05, 0.1) is 36.5 Å². The van der Waals surface area contributed by atoms with Gasteiger partial charge in [-0.1, -0.05) is 31.9 Å². The number of carboxylic acid groups (broad SMARTS) is 1. The number of alkyl halides is 1. The van der Waals surface area contributed by atoms with Crippen molar-refractivity contribution in [2.45, 2.75) is 115 Å². The van der Waals surface area contributed by atoms with Crippen LogP contribution >= 0.6 is 0 Å². The van der Waals surface area contributed by atoms with Crippen molar-refractivity contribution in [3.05, 3.63) is 23.8 Å². The molecule has 3 fully saturated rings. The molecule has 4 rings (SSSR count). The van der Waals surface area contributed by atoms with Gasteiger partial charge in [0.15, 0.2) is 23.7 Å². The maximum atomic E-state index is 17.8. The van der Waals surface area contributed by atoms with Crippen molar-refractivity contribution in [1.29, 1.82) is 0 Å². The zero-order valence-electron chi connectivity index (χ0n) is 31.5. The third-order valence-electron chi connectivity index (χ3n) is 12.1. The van der Waals surface area contributed by atoms with E-state index in [2.05, 4.69) is 9.68 Å². The molecule has 0 saturated heterocycles. The molecular weight excluding hydrogens is 751 g/mol. The number of ketones is 2. The molecule has 4 aliphatic carbocycles. The van der Waals surface area contributed by atoms with Crippen molar-refractivity contribution >= 4 is 35.4 Å². The van der Waals surface area contributed by atoms with Crippen LogP contribution in [0.4, 0.5) is 4.39 Å². The fraction of sp³-hybridized carbons (Fsp3) is 0.722. The quantitative estimate of drug-likeness (QED) is 0.0447. The van der Waals surface area contributed by atoms with Gasteiger partial charge < -0.3 is 24.4 Å². The minimum atomic E-state index is -2.27. The van der Waals surface area contributed by atoms with E-state index < -0.39 is 106 Å². The van der Waals surface area contributed by atoms with Crippen LogP contribution in [0.1, 0.15) is 91.4 Å². The van der Waals surface area contributed by atoms with Crippen molar-refractivity contribution in [3.8, 4) is 0 Å². The molecule has 0 aromatic carbocycles. The van der Waals surface area contributed by atoms with Crippen LogP contribution in [0, 0.1) is 28.6 Å². The number of aliphatic hydroxyl groups is 1. The first kappa shape index (κ1) is 45.0. The number of aliphatic carboxylic acids is 1. The highest BCUT2D eigenvalue weighted by atomic mass is 19.1. The standard InChI is InChI=1S/C36H51FN2O17/c1-21-16-25-24-11-10-22-17-23(40)12-13-33(22,2)35(24,37)27(41)19-34(25,3)36(21,56-30(44)9-7-15-54-39(50)51)28(42)20-52-31(45)18-26(32(46)47)55-29(43)8-5-4-6-14-53-38(48)49/h12-13,17,21,24-27,41,48-51H,4-11,14-16,18-20H2,1-3H3,(H,46,47)/t21-,24?,25?,26?,27-,33-,34-,35-,36-/m0/s1. The molecule has 0 radical (unpaired) electrons. The molecule has 0 aromatic rings. The van der Waals surface area contributed by atoms with Crippen LogP contribution in [0.2, 0.25) is 0 Å². The van der Waals surface area contributed by atoms with Crippen LogP contribution in [0.15, 0.2) is 23.8 Å². The second-order valence-corrected chi connectivity index (χ2v) is 15.3. The number of esters is 3. The first-order chi connectivity index (χ1) is 26.2. The van der Waals surface area contributed by atoms with E-state index in [9.17, 15) is 39.0 Å². The summed E-state index contributed by atoms with van der Waals surface area (Å²) in [6, 6.07) is 0. The third-order valence-corrected chi connectivity index (χ3v) is 12.1. The highest BCUT2D eigenvalue weighted by Gasteiger charge is 2.77. The molecule has 0 bridgehead atoms. The van der Waals surface area contributed by atoms with Crippen molar-refractivity contribution in [2.24, 2.45) is 28.6 Å². The predicted molar refractivity (Wildman–Crippen MR) is 180 cm³/mol. The highest BCUT2D eigenvalue weighted by Crippen LogP contribution is 2.71. The number of hydrogen-bond donors (Lipinski definition) is 6. The van der Waals surface area contributed by atoms with E-state index in [4.69, 9.17) is 35.0 Å². The van der Waals surface area contributed by atoms with Crippen molar-refractivity contribution in [2.75, 3.05) is 19.8 Å². The molecule has 56 heavy (non-hydrogen) atoms. The predicted octanol–water partition coefficient (Wildman–Crippen LogP) is 2.75. The van der Waals surface area contributed by atoms with Gasteiger partial charge in [-0.15, -0.1) is 0 Å². The Kier molecular flexibility index (Phi) is 14.7. The topological polar surface area (TPSA) is 276 Å². The summed E-state index contributed by atoms with van der Waals surface area (Å²) < 4.78 is 34.0. The summed E-state index contributed by atoms with van der Waals surface area (Å²) in [5.74, 6) is -8.31. The summed E-state index contributed by atoms with van der Waals surface area (Å²) >= 11 is 0. The minimum absolute atomic E-state index is 0.0665. The van der Waals surface area contributed by atoms with Gasteiger partial charge in [0.2, 0.25) is 11.9 Å². The third kappa shape index (κ3) is 9.03. The molecule has 19 nitrogen and oxygen atoms in total. The Morgan fingerprint density at radius 3 is 2.21 bits per heavy atom. The Hall–Kier alpha value is -3.73. The second kappa shape index (κ2) is 18.2. The Morgan fingerprint density at radius 1 is 0.929 bits per heavy atom. The SMILES string of the molecule is C[C@H]1CC2C3CCC4=CC(=O)C=C[C@]4(C)[C@@]3(F)[C@@H](O)C[C@]2(C)[C@@]1(OC(=O)CCCON(O)O)C(=O)COC(=O)CC(OC(=O)CCCCCON(O)O)C(=O)O. The average Bonchev–Trinajstić information content (AvgIpc) is 3.33. The van der Waals surface area contributed by atoms with Gasteiger partial charge in [-0.3, -0.25) is 54.5 Å². The Morgan fingerprint density at radius 2 is 1.57 bits per heavy atom. The van der Waals surface area contributed by atoms with Gasteiger partial charge in [0.1, 0.15) is 0 Å². The molecule has 0 amide bonds. The maximum Gasteiger partial charge on any atom is 0.345 e. The fourth-order valence-corrected chi connectivity index (χ4v) is 9.55. The van der Waals surface area contributed by atoms with E-state index in [1.807, 2.05) is 0 Å². The Bertz CT molecular complexity index is 1570. The lowest BCUT2D eigenvalue weighted by Gasteiger charge is -2.62. The number of rotatable bonds is 20. The maximum absolute atomic E-state index is 17.8.